The molecule has 2 aliphatic heterocycles. The van der Waals surface area contributed by atoms with Crippen LogP contribution in [-0.2, 0) is 14.2 Å². The van der Waals surface area contributed by atoms with Gasteiger partial charge in [-0.3, -0.25) is 0 Å². The lowest BCUT2D eigenvalue weighted by Gasteiger charge is -2.38. The fraction of sp³-hybridized carbons (Fsp3) is 0.750. The molecule has 0 aliphatic carbocycles. The van der Waals surface area contributed by atoms with E-state index in [1.807, 2.05) is 0 Å². The number of fused-ring (bicyclic) bond motifs is 1. The third-order valence-corrected chi connectivity index (χ3v) is 2.08. The zero-order valence-electron chi connectivity index (χ0n) is 6.84. The molecule has 4 nitrogen and oxygen atoms in total. The van der Waals surface area contributed by atoms with Gasteiger partial charge in [0.1, 0.15) is 12.2 Å². The van der Waals surface area contributed by atoms with E-state index in [-0.39, 0.29) is 18.5 Å². The lowest BCUT2D eigenvalue weighted by molar-refractivity contribution is -0.264. The van der Waals surface area contributed by atoms with Crippen molar-refractivity contribution >= 4 is 0 Å². The Balaban J connectivity index is 2.07. The highest BCUT2D eigenvalue weighted by Crippen LogP contribution is 2.22. The molecule has 0 saturated carbocycles. The Morgan fingerprint density at radius 2 is 2.33 bits per heavy atom. The first kappa shape index (κ1) is 8.04. The Hall–Kier alpha value is -0.580. The van der Waals surface area contributed by atoms with E-state index in [1.165, 1.54) is 6.26 Å². The molecule has 4 atom stereocenters. The minimum absolute atomic E-state index is 0.166. The van der Waals surface area contributed by atoms with Crippen molar-refractivity contribution in [3.8, 4) is 0 Å². The van der Waals surface area contributed by atoms with Crippen molar-refractivity contribution in [2.24, 2.45) is 0 Å². The summed E-state index contributed by atoms with van der Waals surface area (Å²) in [5.74, 6) is 0. The molecule has 1 saturated heterocycles. The summed E-state index contributed by atoms with van der Waals surface area (Å²) < 4.78 is 15.8. The highest BCUT2D eigenvalue weighted by atomic mass is 16.7. The summed E-state index contributed by atoms with van der Waals surface area (Å²) in [7, 11) is 0. The molecule has 4 heteroatoms. The molecule has 1 N–H and O–H groups in total. The molecule has 68 valence electrons. The smallest absolute Gasteiger partial charge is 0.155 e. The Morgan fingerprint density at radius 3 is 3.17 bits per heavy atom. The normalized spacial score (nSPS) is 46.5. The zero-order chi connectivity index (χ0) is 8.55. The van der Waals surface area contributed by atoms with E-state index in [1.54, 1.807) is 13.0 Å². The fourth-order valence-electron chi connectivity index (χ4n) is 1.43. The highest BCUT2D eigenvalue weighted by molar-refractivity contribution is 4.98. The van der Waals surface area contributed by atoms with Crippen molar-refractivity contribution in [2.45, 2.75) is 31.5 Å². The van der Waals surface area contributed by atoms with Gasteiger partial charge in [0.05, 0.1) is 12.9 Å². The van der Waals surface area contributed by atoms with Gasteiger partial charge in [-0.1, -0.05) is 0 Å². The molecule has 0 aromatic heterocycles. The van der Waals surface area contributed by atoms with Crippen molar-refractivity contribution in [1.29, 1.82) is 0 Å². The molecule has 2 unspecified atom stereocenters. The second-order valence-corrected chi connectivity index (χ2v) is 3.00. The van der Waals surface area contributed by atoms with Crippen LogP contribution in [0.15, 0.2) is 12.3 Å². The molecule has 1 fully saturated rings. The molecule has 0 bridgehead atoms. The van der Waals surface area contributed by atoms with Crippen LogP contribution in [0.1, 0.15) is 6.92 Å². The van der Waals surface area contributed by atoms with Crippen molar-refractivity contribution < 1.29 is 19.3 Å². The Labute approximate surface area is 70.7 Å². The maximum atomic E-state index is 9.47. The second kappa shape index (κ2) is 3.05. The topological polar surface area (TPSA) is 47.9 Å². The van der Waals surface area contributed by atoms with E-state index >= 15 is 0 Å². The van der Waals surface area contributed by atoms with Crippen molar-refractivity contribution in [1.82, 2.24) is 0 Å². The van der Waals surface area contributed by atoms with Crippen LogP contribution in [0.25, 0.3) is 0 Å². The largest absolute Gasteiger partial charge is 0.493 e. The molecule has 2 aliphatic rings. The van der Waals surface area contributed by atoms with E-state index in [4.69, 9.17) is 14.2 Å². The molecular weight excluding hydrogens is 160 g/mol. The van der Waals surface area contributed by atoms with Crippen LogP contribution in [-0.4, -0.2) is 36.3 Å². The predicted octanol–water partition coefficient (Wildman–Crippen LogP) is 0.0212. The van der Waals surface area contributed by atoms with Crippen LogP contribution < -0.4 is 0 Å². The zero-order valence-corrected chi connectivity index (χ0v) is 6.84. The third-order valence-electron chi connectivity index (χ3n) is 2.08. The van der Waals surface area contributed by atoms with Gasteiger partial charge in [0.15, 0.2) is 12.4 Å². The number of hydrogen-bond donors (Lipinski definition) is 1. The molecule has 0 radical (unpaired) electrons. The van der Waals surface area contributed by atoms with E-state index in [2.05, 4.69) is 0 Å². The van der Waals surface area contributed by atoms with Crippen molar-refractivity contribution in [2.75, 3.05) is 6.61 Å². The average molecular weight is 172 g/mol. The van der Waals surface area contributed by atoms with Crippen LogP contribution in [0.5, 0.6) is 0 Å². The van der Waals surface area contributed by atoms with Gasteiger partial charge in [0.2, 0.25) is 0 Å². The quantitative estimate of drug-likeness (QED) is 0.559. The Kier molecular flexibility index (Phi) is 2.04. The monoisotopic (exact) mass is 172 g/mol. The first-order valence-electron chi connectivity index (χ1n) is 4.04. The molecule has 0 spiro atoms. The molecule has 2 rings (SSSR count). The van der Waals surface area contributed by atoms with Gasteiger partial charge in [-0.25, -0.2) is 0 Å². The van der Waals surface area contributed by atoms with Gasteiger partial charge >= 0.3 is 0 Å². The lowest BCUT2D eigenvalue weighted by Crippen LogP contribution is -2.50. The minimum atomic E-state index is -0.574. The summed E-state index contributed by atoms with van der Waals surface area (Å²) in [5.41, 5.74) is 0. The predicted molar refractivity (Wildman–Crippen MR) is 40.3 cm³/mol. The van der Waals surface area contributed by atoms with Gasteiger partial charge in [-0.05, 0) is 13.0 Å². The van der Waals surface area contributed by atoms with Crippen LogP contribution in [0.4, 0.5) is 0 Å². The Bertz CT molecular complexity index is 191. The SMILES string of the molecule is CC1OCC2OC=C[C@@H](O)[C@@H]2O1. The first-order valence-corrected chi connectivity index (χ1v) is 4.04. The van der Waals surface area contributed by atoms with Crippen molar-refractivity contribution in [3.63, 3.8) is 0 Å². The summed E-state index contributed by atoms with van der Waals surface area (Å²) >= 11 is 0. The minimum Gasteiger partial charge on any atom is -0.493 e. The molecular formula is C8H12O4. The summed E-state index contributed by atoms with van der Waals surface area (Å²) in [6.07, 6.45) is 1.80. The second-order valence-electron chi connectivity index (χ2n) is 3.00. The molecule has 12 heavy (non-hydrogen) atoms. The molecule has 0 aromatic rings. The number of aliphatic hydroxyl groups is 1. The summed E-state index contributed by atoms with van der Waals surface area (Å²) in [5, 5.41) is 9.47. The third kappa shape index (κ3) is 1.33. The van der Waals surface area contributed by atoms with Gasteiger partial charge in [0, 0.05) is 0 Å². The number of aliphatic hydroxyl groups excluding tert-OH is 1. The molecule has 0 amide bonds. The van der Waals surface area contributed by atoms with Crippen molar-refractivity contribution in [3.05, 3.63) is 12.3 Å². The van der Waals surface area contributed by atoms with E-state index in [0.717, 1.165) is 0 Å². The maximum absolute atomic E-state index is 9.47. The fourth-order valence-corrected chi connectivity index (χ4v) is 1.43. The van der Waals surface area contributed by atoms with Gasteiger partial charge in [-0.15, -0.1) is 0 Å². The number of rotatable bonds is 0. The number of ether oxygens (including phenoxy) is 3. The van der Waals surface area contributed by atoms with Crippen LogP contribution in [0.2, 0.25) is 0 Å². The van der Waals surface area contributed by atoms with Crippen LogP contribution in [0.3, 0.4) is 0 Å². The van der Waals surface area contributed by atoms with Gasteiger partial charge in [-0.2, -0.15) is 0 Å². The number of hydrogen-bond acceptors (Lipinski definition) is 4. The average Bonchev–Trinajstić information content (AvgIpc) is 2.07. The van der Waals surface area contributed by atoms with Crippen LogP contribution in [0, 0.1) is 0 Å². The molecule has 0 aromatic carbocycles. The van der Waals surface area contributed by atoms with E-state index < -0.39 is 6.10 Å². The summed E-state index contributed by atoms with van der Waals surface area (Å²) in [6.45, 7) is 2.29. The molecule has 2 heterocycles. The van der Waals surface area contributed by atoms with Gasteiger partial charge < -0.3 is 19.3 Å². The first-order chi connectivity index (χ1) is 5.77. The highest BCUT2D eigenvalue weighted by Gasteiger charge is 2.37. The summed E-state index contributed by atoms with van der Waals surface area (Å²) in [6, 6.07) is 0. The summed E-state index contributed by atoms with van der Waals surface area (Å²) in [4.78, 5) is 0. The van der Waals surface area contributed by atoms with E-state index in [0.29, 0.717) is 6.61 Å². The van der Waals surface area contributed by atoms with Gasteiger partial charge in [0.25, 0.3) is 0 Å². The Morgan fingerprint density at radius 1 is 1.50 bits per heavy atom. The standard InChI is InChI=1S/C8H12O4/c1-5-11-4-7-8(12-5)6(9)2-3-10-7/h2-3,5-9H,4H2,1H3/t5?,6-,7?,8+/m1/s1. The lowest BCUT2D eigenvalue weighted by atomic mass is 10.1. The maximum Gasteiger partial charge on any atom is 0.155 e. The van der Waals surface area contributed by atoms with Crippen LogP contribution >= 0.6 is 0 Å². The van der Waals surface area contributed by atoms with E-state index in [9.17, 15) is 5.11 Å².